The van der Waals surface area contributed by atoms with E-state index in [2.05, 4.69) is 0 Å². The van der Waals surface area contributed by atoms with Gasteiger partial charge in [-0.1, -0.05) is 0 Å². The standard InChI is InChI=1S/C9H10O2.2CH4O/c1-6-3-8(5-10)4-7(2)9(6)11;2*1-2/h3-5,11H,1-2H3;2*2H,1H3. The van der Waals surface area contributed by atoms with E-state index in [-0.39, 0.29) is 5.75 Å². The topological polar surface area (TPSA) is 77.8 Å². The number of carbonyl (C=O) groups is 1. The van der Waals surface area contributed by atoms with Crippen molar-refractivity contribution in [1.82, 2.24) is 0 Å². The number of aromatic hydroxyl groups is 1. The molecule has 4 nitrogen and oxygen atoms in total. The van der Waals surface area contributed by atoms with Crippen LogP contribution < -0.4 is 0 Å². The third-order valence-corrected chi connectivity index (χ3v) is 1.65. The van der Waals surface area contributed by atoms with Gasteiger partial charge in [0.2, 0.25) is 0 Å². The van der Waals surface area contributed by atoms with Crippen LogP contribution in [0.4, 0.5) is 0 Å². The number of rotatable bonds is 1. The van der Waals surface area contributed by atoms with Gasteiger partial charge in [0.1, 0.15) is 12.0 Å². The minimum Gasteiger partial charge on any atom is -0.507 e. The maximum Gasteiger partial charge on any atom is 0.150 e. The summed E-state index contributed by atoms with van der Waals surface area (Å²) in [6.45, 7) is 3.55. The Labute approximate surface area is 89.8 Å². The minimum absolute atomic E-state index is 0.274. The first-order chi connectivity index (χ1) is 7.15. The molecule has 1 aromatic rings. The maximum absolute atomic E-state index is 10.3. The lowest BCUT2D eigenvalue weighted by Crippen LogP contribution is -1.85. The fourth-order valence-electron chi connectivity index (χ4n) is 1.06. The molecule has 0 bridgehead atoms. The van der Waals surface area contributed by atoms with Crippen LogP contribution in [0.3, 0.4) is 0 Å². The van der Waals surface area contributed by atoms with Crippen LogP contribution in [-0.4, -0.2) is 35.8 Å². The molecule has 0 aliphatic carbocycles. The van der Waals surface area contributed by atoms with Crippen LogP contribution >= 0.6 is 0 Å². The molecule has 15 heavy (non-hydrogen) atoms. The zero-order chi connectivity index (χ0) is 12.4. The first-order valence-electron chi connectivity index (χ1n) is 4.30. The van der Waals surface area contributed by atoms with Crippen LogP contribution in [0.5, 0.6) is 5.75 Å². The molecule has 0 unspecified atom stereocenters. The van der Waals surface area contributed by atoms with Crippen LogP contribution in [0.15, 0.2) is 12.1 Å². The minimum atomic E-state index is 0.274. The van der Waals surface area contributed by atoms with Crippen molar-refractivity contribution in [2.24, 2.45) is 0 Å². The molecule has 4 heteroatoms. The number of aliphatic hydroxyl groups excluding tert-OH is 2. The lowest BCUT2D eigenvalue weighted by Gasteiger charge is -2.02. The Morgan fingerprint density at radius 3 is 1.60 bits per heavy atom. The zero-order valence-electron chi connectivity index (χ0n) is 9.48. The van der Waals surface area contributed by atoms with Gasteiger partial charge in [-0.05, 0) is 37.1 Å². The Morgan fingerprint density at radius 1 is 1.00 bits per heavy atom. The highest BCUT2D eigenvalue weighted by Crippen LogP contribution is 2.21. The Kier molecular flexibility index (Phi) is 9.82. The number of aliphatic hydroxyl groups is 2. The molecule has 86 valence electrons. The summed E-state index contributed by atoms with van der Waals surface area (Å²) in [6.07, 6.45) is 0.777. The average Bonchev–Trinajstić information content (AvgIpc) is 2.30. The van der Waals surface area contributed by atoms with Gasteiger partial charge in [-0.2, -0.15) is 0 Å². The largest absolute Gasteiger partial charge is 0.507 e. The SMILES string of the molecule is CO.CO.Cc1cc(C=O)cc(C)c1O. The molecule has 0 atom stereocenters. The number of hydrogen-bond donors (Lipinski definition) is 3. The third-order valence-electron chi connectivity index (χ3n) is 1.65. The molecule has 3 N–H and O–H groups in total. The lowest BCUT2D eigenvalue weighted by molar-refractivity contribution is 0.112. The van der Waals surface area contributed by atoms with E-state index in [1.807, 2.05) is 0 Å². The molecule has 0 radical (unpaired) electrons. The van der Waals surface area contributed by atoms with Gasteiger partial charge in [-0.3, -0.25) is 4.79 Å². The molecule has 0 amide bonds. The van der Waals surface area contributed by atoms with E-state index in [4.69, 9.17) is 10.2 Å². The third kappa shape index (κ3) is 5.15. The van der Waals surface area contributed by atoms with E-state index in [0.29, 0.717) is 5.56 Å². The van der Waals surface area contributed by atoms with Gasteiger partial charge in [-0.25, -0.2) is 0 Å². The Hall–Kier alpha value is -1.39. The van der Waals surface area contributed by atoms with Gasteiger partial charge in [0.05, 0.1) is 0 Å². The Morgan fingerprint density at radius 2 is 1.33 bits per heavy atom. The monoisotopic (exact) mass is 214 g/mol. The van der Waals surface area contributed by atoms with E-state index < -0.39 is 0 Å². The van der Waals surface area contributed by atoms with Crippen LogP contribution in [0.2, 0.25) is 0 Å². The number of aryl methyl sites for hydroxylation is 2. The predicted molar refractivity (Wildman–Crippen MR) is 59.3 cm³/mol. The molecule has 1 aromatic carbocycles. The molecule has 0 heterocycles. The highest BCUT2D eigenvalue weighted by atomic mass is 16.3. The van der Waals surface area contributed by atoms with E-state index in [1.54, 1.807) is 26.0 Å². The lowest BCUT2D eigenvalue weighted by atomic mass is 10.1. The Bertz CT molecular complexity index is 272. The van der Waals surface area contributed by atoms with Gasteiger partial charge in [0, 0.05) is 19.8 Å². The summed E-state index contributed by atoms with van der Waals surface area (Å²) < 4.78 is 0. The summed E-state index contributed by atoms with van der Waals surface area (Å²) in [6, 6.07) is 3.32. The number of phenols is 1. The molecule has 0 fully saturated rings. The molecule has 0 aromatic heterocycles. The zero-order valence-corrected chi connectivity index (χ0v) is 9.48. The summed E-state index contributed by atoms with van der Waals surface area (Å²) in [5.41, 5.74) is 2.09. The second-order valence-corrected chi connectivity index (χ2v) is 2.62. The van der Waals surface area contributed by atoms with Crippen LogP contribution in [0.1, 0.15) is 21.5 Å². The molecule has 0 spiro atoms. The normalized spacial score (nSPS) is 7.87. The average molecular weight is 214 g/mol. The number of hydrogen-bond acceptors (Lipinski definition) is 4. The summed E-state index contributed by atoms with van der Waals surface area (Å²) in [7, 11) is 2.00. The van der Waals surface area contributed by atoms with Crippen molar-refractivity contribution in [2.45, 2.75) is 13.8 Å². The van der Waals surface area contributed by atoms with Crippen molar-refractivity contribution < 1.29 is 20.1 Å². The molecular weight excluding hydrogens is 196 g/mol. The first-order valence-corrected chi connectivity index (χ1v) is 4.30. The van der Waals surface area contributed by atoms with Gasteiger partial charge in [-0.15, -0.1) is 0 Å². The van der Waals surface area contributed by atoms with Crippen molar-refractivity contribution >= 4 is 6.29 Å². The highest BCUT2D eigenvalue weighted by Gasteiger charge is 2.01. The van der Waals surface area contributed by atoms with E-state index in [1.165, 1.54) is 0 Å². The van der Waals surface area contributed by atoms with Gasteiger partial charge in [0.25, 0.3) is 0 Å². The summed E-state index contributed by atoms with van der Waals surface area (Å²) >= 11 is 0. The van der Waals surface area contributed by atoms with Crippen molar-refractivity contribution in [3.63, 3.8) is 0 Å². The molecule has 0 aliphatic heterocycles. The first kappa shape index (κ1) is 16.1. The number of carbonyl (C=O) groups excluding carboxylic acids is 1. The summed E-state index contributed by atoms with van der Waals surface area (Å²) in [5.74, 6) is 0.274. The molecule has 1 rings (SSSR count). The van der Waals surface area contributed by atoms with Gasteiger partial charge in [0.15, 0.2) is 0 Å². The highest BCUT2D eigenvalue weighted by molar-refractivity contribution is 5.76. The summed E-state index contributed by atoms with van der Waals surface area (Å²) in [4.78, 5) is 10.3. The fraction of sp³-hybridized carbons (Fsp3) is 0.364. The second kappa shape index (κ2) is 9.18. The maximum atomic E-state index is 10.3. The van der Waals surface area contributed by atoms with Crippen LogP contribution in [-0.2, 0) is 0 Å². The Balaban J connectivity index is 0. The van der Waals surface area contributed by atoms with Crippen molar-refractivity contribution in [2.75, 3.05) is 14.2 Å². The predicted octanol–water partition coefficient (Wildman–Crippen LogP) is 1.04. The fourth-order valence-corrected chi connectivity index (χ4v) is 1.06. The quantitative estimate of drug-likeness (QED) is 0.610. The van der Waals surface area contributed by atoms with Crippen molar-refractivity contribution in [1.29, 1.82) is 0 Å². The molecule has 0 saturated carbocycles. The smallest absolute Gasteiger partial charge is 0.150 e. The molecule has 0 aliphatic rings. The van der Waals surface area contributed by atoms with Crippen LogP contribution in [0.25, 0.3) is 0 Å². The second-order valence-electron chi connectivity index (χ2n) is 2.62. The molecule has 0 saturated heterocycles. The van der Waals surface area contributed by atoms with Crippen LogP contribution in [0, 0.1) is 13.8 Å². The molecular formula is C11H18O4. The van der Waals surface area contributed by atoms with E-state index >= 15 is 0 Å². The van der Waals surface area contributed by atoms with Crippen molar-refractivity contribution in [3.8, 4) is 5.75 Å². The number of phenolic OH excluding ortho intramolecular Hbond substituents is 1. The van der Waals surface area contributed by atoms with Gasteiger partial charge >= 0.3 is 0 Å². The number of aldehydes is 1. The summed E-state index contributed by atoms with van der Waals surface area (Å²) in [5, 5.41) is 23.3. The van der Waals surface area contributed by atoms with E-state index in [9.17, 15) is 9.90 Å². The van der Waals surface area contributed by atoms with Gasteiger partial charge < -0.3 is 15.3 Å². The van der Waals surface area contributed by atoms with E-state index in [0.717, 1.165) is 31.6 Å². The van der Waals surface area contributed by atoms with Crippen molar-refractivity contribution in [3.05, 3.63) is 28.8 Å². The number of benzene rings is 1.